The molecule has 0 aromatic heterocycles. The number of carbonyl (C=O) groups is 1. The summed E-state index contributed by atoms with van der Waals surface area (Å²) in [6.45, 7) is 1.57. The standard InChI is InChI=1S/C15H15O4P/c1-18-15(16)12-8-10-13(11-9-12)19-20(2,17)14-6-4-3-5-7-14/h3-11H,1-2H3/t20-/m0/s1. The maximum atomic E-state index is 12.5. The van der Waals surface area contributed by atoms with Crippen LogP contribution in [0.4, 0.5) is 0 Å². The van der Waals surface area contributed by atoms with Crippen LogP contribution >= 0.6 is 7.37 Å². The van der Waals surface area contributed by atoms with E-state index in [-0.39, 0.29) is 0 Å². The average molecular weight is 290 g/mol. The lowest BCUT2D eigenvalue weighted by Gasteiger charge is -2.15. The number of carbonyl (C=O) groups excluding carboxylic acids is 1. The first-order valence-electron chi connectivity index (χ1n) is 6.04. The minimum Gasteiger partial charge on any atom is -0.465 e. The molecule has 0 aliphatic heterocycles. The van der Waals surface area contributed by atoms with Gasteiger partial charge in [0, 0.05) is 12.0 Å². The minimum absolute atomic E-state index is 0.417. The Morgan fingerprint density at radius 2 is 1.60 bits per heavy atom. The van der Waals surface area contributed by atoms with Crippen LogP contribution in [0.25, 0.3) is 0 Å². The van der Waals surface area contributed by atoms with Gasteiger partial charge in [-0.25, -0.2) is 4.79 Å². The summed E-state index contributed by atoms with van der Waals surface area (Å²) in [4.78, 5) is 11.3. The molecule has 1 atom stereocenters. The first-order chi connectivity index (χ1) is 9.53. The van der Waals surface area contributed by atoms with Crippen molar-refractivity contribution in [1.82, 2.24) is 0 Å². The van der Waals surface area contributed by atoms with Crippen LogP contribution in [-0.4, -0.2) is 19.7 Å². The summed E-state index contributed by atoms with van der Waals surface area (Å²) in [5.74, 6) is 0.0339. The van der Waals surface area contributed by atoms with Gasteiger partial charge in [0.05, 0.1) is 12.7 Å². The molecule has 0 radical (unpaired) electrons. The Morgan fingerprint density at radius 3 is 2.15 bits per heavy atom. The van der Waals surface area contributed by atoms with E-state index in [9.17, 15) is 9.36 Å². The number of esters is 1. The predicted octanol–water partition coefficient (Wildman–Crippen LogP) is 3.09. The van der Waals surface area contributed by atoms with E-state index in [0.29, 0.717) is 16.6 Å². The summed E-state index contributed by atoms with van der Waals surface area (Å²) in [5, 5.41) is 0.650. The highest BCUT2D eigenvalue weighted by molar-refractivity contribution is 7.66. The molecule has 20 heavy (non-hydrogen) atoms. The van der Waals surface area contributed by atoms with E-state index in [0.717, 1.165) is 0 Å². The number of rotatable bonds is 4. The highest BCUT2D eigenvalue weighted by Crippen LogP contribution is 2.41. The van der Waals surface area contributed by atoms with Crippen molar-refractivity contribution in [2.24, 2.45) is 0 Å². The fourth-order valence-corrected chi connectivity index (χ4v) is 3.07. The van der Waals surface area contributed by atoms with Crippen LogP contribution in [0.2, 0.25) is 0 Å². The molecule has 104 valence electrons. The normalized spacial score (nSPS) is 13.3. The molecule has 0 amide bonds. The number of hydrogen-bond acceptors (Lipinski definition) is 4. The molecule has 4 nitrogen and oxygen atoms in total. The lowest BCUT2D eigenvalue weighted by atomic mass is 10.2. The van der Waals surface area contributed by atoms with Crippen LogP contribution in [0.3, 0.4) is 0 Å². The van der Waals surface area contributed by atoms with Gasteiger partial charge < -0.3 is 9.26 Å². The summed E-state index contributed by atoms with van der Waals surface area (Å²) >= 11 is 0. The summed E-state index contributed by atoms with van der Waals surface area (Å²) in [6, 6.07) is 15.4. The zero-order chi connectivity index (χ0) is 14.6. The van der Waals surface area contributed by atoms with Gasteiger partial charge in [-0.1, -0.05) is 18.2 Å². The molecule has 2 aromatic carbocycles. The van der Waals surface area contributed by atoms with E-state index in [1.807, 2.05) is 18.2 Å². The molecule has 0 bridgehead atoms. The zero-order valence-electron chi connectivity index (χ0n) is 11.3. The molecule has 0 aliphatic rings. The average Bonchev–Trinajstić information content (AvgIpc) is 2.48. The second-order valence-corrected chi connectivity index (χ2v) is 6.68. The molecule has 5 heteroatoms. The lowest BCUT2D eigenvalue weighted by Crippen LogP contribution is -2.08. The van der Waals surface area contributed by atoms with Gasteiger partial charge in [0.25, 0.3) is 7.37 Å². The third kappa shape index (κ3) is 3.28. The minimum atomic E-state index is -2.93. The highest BCUT2D eigenvalue weighted by atomic mass is 31.2. The quantitative estimate of drug-likeness (QED) is 0.641. The van der Waals surface area contributed by atoms with Crippen molar-refractivity contribution in [1.29, 1.82) is 0 Å². The topological polar surface area (TPSA) is 52.6 Å². The molecule has 0 heterocycles. The fraction of sp³-hybridized carbons (Fsp3) is 0.133. The molecule has 0 fully saturated rings. The van der Waals surface area contributed by atoms with Gasteiger partial charge in [0.15, 0.2) is 0 Å². The lowest BCUT2D eigenvalue weighted by molar-refractivity contribution is 0.0600. The van der Waals surface area contributed by atoms with Crippen molar-refractivity contribution in [3.8, 4) is 5.75 Å². The van der Waals surface area contributed by atoms with E-state index in [4.69, 9.17) is 4.52 Å². The van der Waals surface area contributed by atoms with Gasteiger partial charge in [-0.05, 0) is 36.4 Å². The molecule has 0 aliphatic carbocycles. The first kappa shape index (κ1) is 14.4. The van der Waals surface area contributed by atoms with E-state index in [2.05, 4.69) is 4.74 Å². The van der Waals surface area contributed by atoms with Crippen LogP contribution in [0.1, 0.15) is 10.4 Å². The van der Waals surface area contributed by atoms with E-state index < -0.39 is 13.3 Å². The summed E-state index contributed by atoms with van der Waals surface area (Å²) in [5.41, 5.74) is 0.422. The molecule has 2 aromatic rings. The zero-order valence-corrected chi connectivity index (χ0v) is 12.2. The molecule has 0 N–H and O–H groups in total. The van der Waals surface area contributed by atoms with Crippen LogP contribution in [0, 0.1) is 0 Å². The molecule has 0 saturated carbocycles. The molecule has 0 saturated heterocycles. The van der Waals surface area contributed by atoms with Gasteiger partial charge in [-0.3, -0.25) is 4.57 Å². The SMILES string of the molecule is COC(=O)c1ccc(O[P@](C)(=O)c2ccccc2)cc1. The third-order valence-corrected chi connectivity index (χ3v) is 4.58. The Hall–Kier alpha value is -2.06. The maximum Gasteiger partial charge on any atom is 0.337 e. The summed E-state index contributed by atoms with van der Waals surface area (Å²) in [7, 11) is -1.61. The van der Waals surface area contributed by atoms with Crippen LogP contribution < -0.4 is 9.83 Å². The maximum absolute atomic E-state index is 12.5. The predicted molar refractivity (Wildman–Crippen MR) is 78.0 cm³/mol. The number of benzene rings is 2. The Balaban J connectivity index is 2.18. The van der Waals surface area contributed by atoms with Crippen molar-refractivity contribution in [2.75, 3.05) is 13.8 Å². The van der Waals surface area contributed by atoms with Crippen molar-refractivity contribution < 1.29 is 18.6 Å². The van der Waals surface area contributed by atoms with Gasteiger partial charge >= 0.3 is 5.97 Å². The molecule has 0 unspecified atom stereocenters. The van der Waals surface area contributed by atoms with Crippen molar-refractivity contribution in [2.45, 2.75) is 0 Å². The largest absolute Gasteiger partial charge is 0.465 e. The van der Waals surface area contributed by atoms with Crippen LogP contribution in [-0.2, 0) is 9.30 Å². The molecular formula is C15H15O4P. The number of methoxy groups -OCH3 is 1. The smallest absolute Gasteiger partial charge is 0.337 e. The van der Waals surface area contributed by atoms with Gasteiger partial charge in [0.1, 0.15) is 5.75 Å². The van der Waals surface area contributed by atoms with Crippen molar-refractivity contribution in [3.63, 3.8) is 0 Å². The van der Waals surface area contributed by atoms with E-state index >= 15 is 0 Å². The van der Waals surface area contributed by atoms with E-state index in [1.54, 1.807) is 43.1 Å². The Labute approximate surface area is 117 Å². The molecule has 2 rings (SSSR count). The van der Waals surface area contributed by atoms with Crippen LogP contribution in [0.15, 0.2) is 54.6 Å². The van der Waals surface area contributed by atoms with Crippen molar-refractivity contribution >= 4 is 18.6 Å². The van der Waals surface area contributed by atoms with Gasteiger partial charge in [0.2, 0.25) is 0 Å². The van der Waals surface area contributed by atoms with Crippen molar-refractivity contribution in [3.05, 3.63) is 60.2 Å². The second kappa shape index (κ2) is 5.93. The number of ether oxygens (including phenoxy) is 1. The monoisotopic (exact) mass is 290 g/mol. The Kier molecular flexibility index (Phi) is 4.26. The Morgan fingerprint density at radius 1 is 1.00 bits per heavy atom. The van der Waals surface area contributed by atoms with Crippen LogP contribution in [0.5, 0.6) is 5.75 Å². The second-order valence-electron chi connectivity index (χ2n) is 4.29. The van der Waals surface area contributed by atoms with Gasteiger partial charge in [-0.15, -0.1) is 0 Å². The summed E-state index contributed by atoms with van der Waals surface area (Å²) < 4.78 is 22.7. The summed E-state index contributed by atoms with van der Waals surface area (Å²) in [6.07, 6.45) is 0. The molecular weight excluding hydrogens is 275 g/mol. The number of hydrogen-bond donors (Lipinski definition) is 0. The third-order valence-electron chi connectivity index (χ3n) is 2.78. The molecule has 0 spiro atoms. The van der Waals surface area contributed by atoms with Gasteiger partial charge in [-0.2, -0.15) is 0 Å². The highest BCUT2D eigenvalue weighted by Gasteiger charge is 2.20. The Bertz CT molecular complexity index is 635. The van der Waals surface area contributed by atoms with E-state index in [1.165, 1.54) is 7.11 Å². The fourth-order valence-electron chi connectivity index (χ4n) is 1.72. The first-order valence-corrected chi connectivity index (χ1v) is 8.11.